The minimum atomic E-state index is 0.963. The molecule has 1 aliphatic heterocycles. The van der Waals surface area contributed by atoms with E-state index in [9.17, 15) is 0 Å². The minimum Gasteiger partial charge on any atom is -0.355 e. The Hall–Kier alpha value is -2.42. The number of rotatable bonds is 2. The zero-order valence-corrected chi connectivity index (χ0v) is 14.4. The van der Waals surface area contributed by atoms with E-state index in [0.29, 0.717) is 0 Å². The van der Waals surface area contributed by atoms with Gasteiger partial charge in [-0.25, -0.2) is 4.98 Å². The van der Waals surface area contributed by atoms with Gasteiger partial charge in [-0.2, -0.15) is 0 Å². The molecular formula is C21H23N3. The largest absolute Gasteiger partial charge is 0.355 e. The van der Waals surface area contributed by atoms with Gasteiger partial charge in [0.1, 0.15) is 5.82 Å². The molecule has 4 rings (SSSR count). The molecule has 0 spiro atoms. The lowest BCUT2D eigenvalue weighted by atomic mass is 9.98. The molecule has 1 fully saturated rings. The van der Waals surface area contributed by atoms with Gasteiger partial charge in [0.25, 0.3) is 0 Å². The van der Waals surface area contributed by atoms with Crippen molar-refractivity contribution in [3.8, 4) is 11.1 Å². The maximum atomic E-state index is 4.90. The summed E-state index contributed by atoms with van der Waals surface area (Å²) in [6.45, 7) is 6.49. The van der Waals surface area contributed by atoms with Crippen LogP contribution in [0.1, 0.15) is 30.4 Å². The normalized spacial score (nSPS) is 15.0. The SMILES string of the molecule is Cc1ccc(C)c(-c2ccc3ncc(N4CCCCC4)nc3c2)c1. The summed E-state index contributed by atoms with van der Waals surface area (Å²) in [6, 6.07) is 13.0. The Balaban J connectivity index is 1.77. The Morgan fingerprint density at radius 3 is 2.54 bits per heavy atom. The summed E-state index contributed by atoms with van der Waals surface area (Å²) in [7, 11) is 0. The van der Waals surface area contributed by atoms with Gasteiger partial charge in [-0.1, -0.05) is 29.8 Å². The summed E-state index contributed by atoms with van der Waals surface area (Å²) in [5.74, 6) is 1.01. The molecule has 0 bridgehead atoms. The quantitative estimate of drug-likeness (QED) is 0.673. The van der Waals surface area contributed by atoms with Crippen molar-refractivity contribution >= 4 is 16.9 Å². The van der Waals surface area contributed by atoms with E-state index in [0.717, 1.165) is 29.9 Å². The standard InChI is InChI=1S/C21H23N3/c1-15-6-7-16(2)18(12-15)17-8-9-19-20(13-17)23-21(14-22-19)24-10-4-3-5-11-24/h6-9,12-14H,3-5,10-11H2,1-2H3. The molecule has 3 aromatic rings. The first kappa shape index (κ1) is 15.1. The summed E-state index contributed by atoms with van der Waals surface area (Å²) in [5.41, 5.74) is 7.01. The van der Waals surface area contributed by atoms with Crippen LogP contribution >= 0.6 is 0 Å². The molecular weight excluding hydrogens is 294 g/mol. The zero-order valence-electron chi connectivity index (χ0n) is 14.4. The van der Waals surface area contributed by atoms with Gasteiger partial charge in [0.05, 0.1) is 17.2 Å². The molecule has 0 radical (unpaired) electrons. The first-order valence-corrected chi connectivity index (χ1v) is 8.80. The monoisotopic (exact) mass is 317 g/mol. The molecule has 122 valence electrons. The summed E-state index contributed by atoms with van der Waals surface area (Å²) in [4.78, 5) is 11.9. The number of fused-ring (bicyclic) bond motifs is 1. The van der Waals surface area contributed by atoms with E-state index >= 15 is 0 Å². The molecule has 0 amide bonds. The van der Waals surface area contributed by atoms with E-state index in [1.807, 2.05) is 6.20 Å². The fourth-order valence-corrected chi connectivity index (χ4v) is 3.49. The van der Waals surface area contributed by atoms with E-state index in [1.165, 1.54) is 41.5 Å². The van der Waals surface area contributed by atoms with Crippen LogP contribution in [-0.4, -0.2) is 23.1 Å². The number of nitrogens with zero attached hydrogens (tertiary/aromatic N) is 3. The van der Waals surface area contributed by atoms with Crippen molar-refractivity contribution in [1.29, 1.82) is 0 Å². The molecule has 0 N–H and O–H groups in total. The highest BCUT2D eigenvalue weighted by atomic mass is 15.2. The van der Waals surface area contributed by atoms with Gasteiger partial charge >= 0.3 is 0 Å². The van der Waals surface area contributed by atoms with E-state index in [1.54, 1.807) is 0 Å². The molecule has 1 aliphatic rings. The van der Waals surface area contributed by atoms with Gasteiger partial charge in [-0.05, 0) is 61.9 Å². The topological polar surface area (TPSA) is 29.0 Å². The first-order chi connectivity index (χ1) is 11.7. The van der Waals surface area contributed by atoms with Crippen molar-refractivity contribution in [2.45, 2.75) is 33.1 Å². The highest BCUT2D eigenvalue weighted by molar-refractivity contribution is 5.83. The third-order valence-corrected chi connectivity index (χ3v) is 4.91. The number of hydrogen-bond donors (Lipinski definition) is 0. The Bertz CT molecular complexity index is 879. The van der Waals surface area contributed by atoms with Crippen LogP contribution in [0, 0.1) is 13.8 Å². The molecule has 2 aromatic carbocycles. The minimum absolute atomic E-state index is 0.963. The number of benzene rings is 2. The summed E-state index contributed by atoms with van der Waals surface area (Å²) >= 11 is 0. The zero-order chi connectivity index (χ0) is 16.5. The van der Waals surface area contributed by atoms with Gasteiger partial charge in [0.2, 0.25) is 0 Å². The van der Waals surface area contributed by atoms with Crippen LogP contribution in [0.2, 0.25) is 0 Å². The van der Waals surface area contributed by atoms with Crippen molar-refractivity contribution in [2.75, 3.05) is 18.0 Å². The number of hydrogen-bond acceptors (Lipinski definition) is 3. The second-order valence-electron chi connectivity index (χ2n) is 6.80. The van der Waals surface area contributed by atoms with E-state index in [2.05, 4.69) is 60.1 Å². The molecule has 1 saturated heterocycles. The highest BCUT2D eigenvalue weighted by Gasteiger charge is 2.13. The van der Waals surface area contributed by atoms with Gasteiger partial charge in [-0.15, -0.1) is 0 Å². The number of piperidine rings is 1. The smallest absolute Gasteiger partial charge is 0.147 e. The predicted molar refractivity (Wildman–Crippen MR) is 101 cm³/mol. The van der Waals surface area contributed by atoms with E-state index in [4.69, 9.17) is 4.98 Å². The predicted octanol–water partition coefficient (Wildman–Crippen LogP) is 4.90. The molecule has 3 nitrogen and oxygen atoms in total. The van der Waals surface area contributed by atoms with Gasteiger partial charge in [0, 0.05) is 13.1 Å². The van der Waals surface area contributed by atoms with Crippen LogP contribution in [0.5, 0.6) is 0 Å². The fraction of sp³-hybridized carbons (Fsp3) is 0.333. The van der Waals surface area contributed by atoms with Crippen LogP contribution < -0.4 is 4.90 Å². The van der Waals surface area contributed by atoms with Crippen molar-refractivity contribution in [1.82, 2.24) is 9.97 Å². The lowest BCUT2D eigenvalue weighted by Crippen LogP contribution is -2.30. The van der Waals surface area contributed by atoms with Crippen molar-refractivity contribution < 1.29 is 0 Å². The van der Waals surface area contributed by atoms with Crippen LogP contribution in [0.15, 0.2) is 42.6 Å². The van der Waals surface area contributed by atoms with E-state index in [-0.39, 0.29) is 0 Å². The Morgan fingerprint density at radius 1 is 0.875 bits per heavy atom. The van der Waals surface area contributed by atoms with Crippen LogP contribution in [0.4, 0.5) is 5.82 Å². The number of aromatic nitrogens is 2. The van der Waals surface area contributed by atoms with Gasteiger partial charge in [0.15, 0.2) is 0 Å². The molecule has 3 heteroatoms. The van der Waals surface area contributed by atoms with E-state index < -0.39 is 0 Å². The van der Waals surface area contributed by atoms with Gasteiger partial charge < -0.3 is 4.90 Å². The fourth-order valence-electron chi connectivity index (χ4n) is 3.49. The average Bonchev–Trinajstić information content (AvgIpc) is 2.63. The van der Waals surface area contributed by atoms with Crippen LogP contribution in [-0.2, 0) is 0 Å². The highest BCUT2D eigenvalue weighted by Crippen LogP contribution is 2.28. The molecule has 0 aliphatic carbocycles. The van der Waals surface area contributed by atoms with Gasteiger partial charge in [-0.3, -0.25) is 4.98 Å². The Kier molecular flexibility index (Phi) is 3.93. The van der Waals surface area contributed by atoms with Crippen LogP contribution in [0.25, 0.3) is 22.2 Å². The first-order valence-electron chi connectivity index (χ1n) is 8.80. The third kappa shape index (κ3) is 2.86. The maximum Gasteiger partial charge on any atom is 0.147 e. The molecule has 0 atom stereocenters. The summed E-state index contributed by atoms with van der Waals surface area (Å²) < 4.78 is 0. The second-order valence-corrected chi connectivity index (χ2v) is 6.80. The molecule has 2 heterocycles. The number of anilines is 1. The van der Waals surface area contributed by atoms with Crippen molar-refractivity contribution in [3.63, 3.8) is 0 Å². The van der Waals surface area contributed by atoms with Crippen LogP contribution in [0.3, 0.4) is 0 Å². The average molecular weight is 317 g/mol. The maximum absolute atomic E-state index is 4.90. The summed E-state index contributed by atoms with van der Waals surface area (Å²) in [5, 5.41) is 0. The Labute approximate surface area is 143 Å². The molecule has 24 heavy (non-hydrogen) atoms. The molecule has 0 saturated carbocycles. The molecule has 1 aromatic heterocycles. The van der Waals surface area contributed by atoms with Crippen molar-refractivity contribution in [3.05, 3.63) is 53.7 Å². The number of aryl methyl sites for hydroxylation is 2. The third-order valence-electron chi connectivity index (χ3n) is 4.91. The Morgan fingerprint density at radius 2 is 1.71 bits per heavy atom. The lowest BCUT2D eigenvalue weighted by molar-refractivity contribution is 0.573. The van der Waals surface area contributed by atoms with Crippen molar-refractivity contribution in [2.24, 2.45) is 0 Å². The lowest BCUT2D eigenvalue weighted by Gasteiger charge is -2.27. The second kappa shape index (κ2) is 6.23. The molecule has 0 unspecified atom stereocenters. The summed E-state index contributed by atoms with van der Waals surface area (Å²) in [6.07, 6.45) is 5.75.